The average molecular weight is 675 g/mol. The summed E-state index contributed by atoms with van der Waals surface area (Å²) < 4.78 is 58.4. The number of halogens is 3. The number of anilines is 1. The van der Waals surface area contributed by atoms with Gasteiger partial charge in [-0.1, -0.05) is 29.5 Å². The molecule has 6 unspecified atom stereocenters. The summed E-state index contributed by atoms with van der Waals surface area (Å²) >= 11 is 2.57. The van der Waals surface area contributed by atoms with E-state index >= 15 is 0 Å². The van der Waals surface area contributed by atoms with E-state index in [2.05, 4.69) is 4.98 Å². The summed E-state index contributed by atoms with van der Waals surface area (Å²) in [5.41, 5.74) is -0.657. The van der Waals surface area contributed by atoms with Crippen LogP contribution in [-0.2, 0) is 25.3 Å². The summed E-state index contributed by atoms with van der Waals surface area (Å²) in [6, 6.07) is 10.0. The lowest BCUT2D eigenvalue weighted by molar-refractivity contribution is -0.145. The molecular weight excluding hydrogens is 645 g/mol. The summed E-state index contributed by atoms with van der Waals surface area (Å²) in [6.07, 6.45) is -4.16. The average Bonchev–Trinajstić information content (AvgIpc) is 3.75. The molecule has 2 aliphatic carbocycles. The second kappa shape index (κ2) is 11.5. The van der Waals surface area contributed by atoms with Gasteiger partial charge in [-0.15, -0.1) is 11.8 Å². The Morgan fingerprint density at radius 3 is 2.43 bits per heavy atom. The lowest BCUT2D eigenvalue weighted by atomic mass is 9.68. The van der Waals surface area contributed by atoms with Crippen molar-refractivity contribution >= 4 is 46.6 Å². The first-order valence-electron chi connectivity index (χ1n) is 15.0. The Hall–Kier alpha value is -3.78. The number of hydrogen-bond acceptors (Lipinski definition) is 9. The predicted molar refractivity (Wildman–Crippen MR) is 162 cm³/mol. The van der Waals surface area contributed by atoms with E-state index in [1.54, 1.807) is 13.0 Å². The Labute approximate surface area is 269 Å². The Morgan fingerprint density at radius 2 is 1.72 bits per heavy atom. The largest absolute Gasteiger partial charge is 0.490 e. The van der Waals surface area contributed by atoms with Gasteiger partial charge >= 0.3 is 17.0 Å². The number of benzene rings is 2. The number of H-pyrrole nitrogens is 1. The molecule has 1 aromatic heterocycles. The molecule has 2 saturated carbocycles. The van der Waals surface area contributed by atoms with Crippen molar-refractivity contribution in [2.24, 2.45) is 29.6 Å². The quantitative estimate of drug-likeness (QED) is 0.247. The molecule has 2 bridgehead atoms. The molecule has 242 valence electrons. The number of amides is 2. The number of esters is 1. The zero-order valence-electron chi connectivity index (χ0n) is 24.7. The van der Waals surface area contributed by atoms with E-state index in [1.807, 2.05) is 19.1 Å². The van der Waals surface area contributed by atoms with Crippen molar-refractivity contribution < 1.29 is 41.8 Å². The third kappa shape index (κ3) is 4.83. The monoisotopic (exact) mass is 674 g/mol. The van der Waals surface area contributed by atoms with Crippen molar-refractivity contribution in [2.75, 3.05) is 24.7 Å². The Balaban J connectivity index is 1.27. The number of rotatable bonds is 8. The van der Waals surface area contributed by atoms with Crippen LogP contribution in [0, 0.1) is 29.6 Å². The topological polar surface area (TPSA) is 115 Å². The molecule has 1 saturated heterocycles. The van der Waals surface area contributed by atoms with Crippen molar-refractivity contribution in [3.8, 4) is 11.5 Å². The van der Waals surface area contributed by atoms with E-state index in [1.165, 1.54) is 30.0 Å². The maximum absolute atomic E-state index is 14.0. The predicted octanol–water partition coefficient (Wildman–Crippen LogP) is 5.47. The second-order valence-corrected chi connectivity index (χ2v) is 13.9. The number of carbonyl (C=O) groups is 3. The van der Waals surface area contributed by atoms with Crippen molar-refractivity contribution in [3.63, 3.8) is 0 Å². The van der Waals surface area contributed by atoms with Crippen LogP contribution in [0.15, 0.2) is 52.3 Å². The minimum Gasteiger partial charge on any atom is -0.490 e. The fourth-order valence-electron chi connectivity index (χ4n) is 7.98. The van der Waals surface area contributed by atoms with E-state index in [-0.39, 0.29) is 47.0 Å². The highest BCUT2D eigenvalue weighted by atomic mass is 32.2. The molecule has 3 heterocycles. The number of aromatic nitrogens is 1. The fourth-order valence-corrected chi connectivity index (χ4v) is 10.9. The number of alkyl halides is 3. The van der Waals surface area contributed by atoms with E-state index in [4.69, 9.17) is 14.2 Å². The molecule has 9 nitrogen and oxygen atoms in total. The minimum absolute atomic E-state index is 0.154. The second-order valence-electron chi connectivity index (χ2n) is 11.7. The van der Waals surface area contributed by atoms with Crippen LogP contribution >= 0.6 is 23.1 Å². The summed E-state index contributed by atoms with van der Waals surface area (Å²) in [6.45, 7) is 3.73. The number of nitrogens with zero attached hydrogens (tertiary/aromatic N) is 1. The molecule has 46 heavy (non-hydrogen) atoms. The van der Waals surface area contributed by atoms with Crippen LogP contribution in [0.2, 0.25) is 0 Å². The number of carbonyl (C=O) groups excluding carboxylic acids is 3. The fraction of sp³-hybridized carbons (Fsp3) is 0.438. The van der Waals surface area contributed by atoms with Gasteiger partial charge in [0.05, 0.1) is 41.3 Å². The van der Waals surface area contributed by atoms with Crippen LogP contribution in [0.25, 0.3) is 0 Å². The first-order chi connectivity index (χ1) is 22.0. The number of para-hydroxylation sites is 1. The van der Waals surface area contributed by atoms with Gasteiger partial charge in [0, 0.05) is 16.0 Å². The molecule has 0 radical (unpaired) electrons. The molecule has 4 aliphatic rings. The molecule has 2 aliphatic heterocycles. The van der Waals surface area contributed by atoms with Crippen LogP contribution < -0.4 is 19.2 Å². The van der Waals surface area contributed by atoms with Crippen molar-refractivity contribution in [2.45, 2.75) is 42.6 Å². The molecule has 1 N–H and O–H groups in total. The number of ether oxygens (including phenoxy) is 3. The molecule has 7 atom stereocenters. The van der Waals surface area contributed by atoms with Crippen molar-refractivity contribution in [1.29, 1.82) is 0 Å². The normalized spacial score (nSPS) is 27.8. The molecule has 14 heteroatoms. The lowest BCUT2D eigenvalue weighted by Gasteiger charge is -2.43. The molecular formula is C32H29F3N2O7S2. The zero-order chi connectivity index (χ0) is 32.5. The highest BCUT2D eigenvalue weighted by Gasteiger charge is 2.70. The SMILES string of the molecule is CCOC(=O)COc1ccc([C@H]2c3sc(=O)[nH]c3SC3C4CC(C5C(=O)N(c6ccccc6C(F)(F)F)C(=O)C45)C32)cc1OCC. The maximum atomic E-state index is 14.0. The number of nitrogens with one attached hydrogen (secondary N) is 1. The van der Waals surface area contributed by atoms with E-state index in [9.17, 15) is 32.3 Å². The molecule has 2 amide bonds. The standard InChI is InChI=1S/C32H29F3N2O7S2/c1-3-42-20-11-14(9-10-19(20)44-13-21(38)43-4-2)22-23-15-12-16(26(23)45-28-27(22)46-31(41)36-28)25-24(15)29(39)37(30(25)40)18-8-6-5-7-17(18)32(33,34)35/h5-11,15-16,22-26H,3-4,12-13H2,1-2H3,(H,36,41)/t15?,16?,22-,23?,24?,25?,26?/m1/s1. The lowest BCUT2D eigenvalue weighted by Crippen LogP contribution is -2.42. The number of thiazole rings is 1. The van der Waals surface area contributed by atoms with Crippen LogP contribution in [-0.4, -0.2) is 47.8 Å². The van der Waals surface area contributed by atoms with Crippen LogP contribution in [0.4, 0.5) is 18.9 Å². The zero-order valence-corrected chi connectivity index (χ0v) is 26.3. The highest BCUT2D eigenvalue weighted by Crippen LogP contribution is 2.69. The molecule has 3 fully saturated rings. The third-order valence-corrected chi connectivity index (χ3v) is 12.0. The first kappa shape index (κ1) is 30.9. The summed E-state index contributed by atoms with van der Waals surface area (Å²) in [5, 5.41) is 0.542. The number of hydrogen-bond donors (Lipinski definition) is 1. The van der Waals surface area contributed by atoms with Gasteiger partial charge in [0.25, 0.3) is 0 Å². The first-order valence-corrected chi connectivity index (χ1v) is 16.7. The Morgan fingerprint density at radius 1 is 0.978 bits per heavy atom. The Kier molecular flexibility index (Phi) is 7.70. The summed E-state index contributed by atoms with van der Waals surface area (Å²) in [5.74, 6) is -3.57. The highest BCUT2D eigenvalue weighted by molar-refractivity contribution is 8.00. The number of thioether (sulfide) groups is 1. The molecule has 2 aromatic carbocycles. The van der Waals surface area contributed by atoms with Crippen molar-refractivity contribution in [1.82, 2.24) is 4.98 Å². The van der Waals surface area contributed by atoms with E-state index < -0.39 is 47.0 Å². The van der Waals surface area contributed by atoms with Gasteiger partial charge in [-0.25, -0.2) is 9.69 Å². The summed E-state index contributed by atoms with van der Waals surface area (Å²) in [4.78, 5) is 56.7. The number of fused-ring (bicyclic) bond motifs is 9. The molecule has 3 aromatic rings. The van der Waals surface area contributed by atoms with Gasteiger partial charge < -0.3 is 19.2 Å². The smallest absolute Gasteiger partial charge is 0.418 e. The van der Waals surface area contributed by atoms with Gasteiger partial charge in [-0.3, -0.25) is 14.4 Å². The minimum atomic E-state index is -4.74. The van der Waals surface area contributed by atoms with Gasteiger partial charge in [0.15, 0.2) is 18.1 Å². The van der Waals surface area contributed by atoms with Crippen LogP contribution in [0.5, 0.6) is 11.5 Å². The number of imide groups is 1. The number of aromatic amines is 1. The van der Waals surface area contributed by atoms with Crippen molar-refractivity contribution in [3.05, 3.63) is 68.1 Å². The summed E-state index contributed by atoms with van der Waals surface area (Å²) in [7, 11) is 0. The van der Waals surface area contributed by atoms with Gasteiger partial charge in [0.1, 0.15) is 0 Å². The van der Waals surface area contributed by atoms with E-state index in [0.29, 0.717) is 29.6 Å². The maximum Gasteiger partial charge on any atom is 0.418 e. The van der Waals surface area contributed by atoms with Gasteiger partial charge in [-0.05, 0) is 67.9 Å². The van der Waals surface area contributed by atoms with Crippen LogP contribution in [0.1, 0.15) is 42.2 Å². The molecule has 7 rings (SSSR count). The third-order valence-electron chi connectivity index (χ3n) is 9.45. The van der Waals surface area contributed by atoms with Gasteiger partial charge in [-0.2, -0.15) is 13.2 Å². The van der Waals surface area contributed by atoms with Crippen LogP contribution in [0.3, 0.4) is 0 Å². The Bertz CT molecular complexity index is 1790. The van der Waals surface area contributed by atoms with E-state index in [0.717, 1.165) is 32.7 Å². The molecule has 0 spiro atoms. The van der Waals surface area contributed by atoms with Gasteiger partial charge in [0.2, 0.25) is 11.8 Å².